The van der Waals surface area contributed by atoms with Gasteiger partial charge >= 0.3 is 6.18 Å². The van der Waals surface area contributed by atoms with Gasteiger partial charge < -0.3 is 15.6 Å². The Kier molecular flexibility index (Phi) is 5.25. The maximum Gasteiger partial charge on any atom is 0.430 e. The van der Waals surface area contributed by atoms with Gasteiger partial charge in [0.15, 0.2) is 0 Å². The minimum absolute atomic E-state index is 0.229. The molecule has 0 radical (unpaired) electrons. The summed E-state index contributed by atoms with van der Waals surface area (Å²) in [4.78, 5) is 17.2. The second-order valence-corrected chi connectivity index (χ2v) is 6.85. The van der Waals surface area contributed by atoms with Crippen LogP contribution in [0.4, 0.5) is 13.2 Å². The zero-order chi connectivity index (χ0) is 19.6. The van der Waals surface area contributed by atoms with E-state index in [4.69, 9.17) is 11.1 Å². The molecule has 0 spiro atoms. The van der Waals surface area contributed by atoms with Gasteiger partial charge in [0, 0.05) is 30.2 Å². The quantitative estimate of drug-likeness (QED) is 0.669. The van der Waals surface area contributed by atoms with Crippen LogP contribution in [-0.2, 0) is 11.3 Å². The first-order valence-electron chi connectivity index (χ1n) is 8.73. The van der Waals surface area contributed by atoms with Crippen molar-refractivity contribution >= 4 is 22.5 Å². The third kappa shape index (κ3) is 4.32. The highest BCUT2D eigenvalue weighted by atomic mass is 19.4. The Labute approximate surface area is 154 Å². The first-order valence-corrected chi connectivity index (χ1v) is 8.73. The summed E-state index contributed by atoms with van der Waals surface area (Å²) in [6.45, 7) is 0.647. The normalized spacial score (nSPS) is 15.6. The molecule has 144 valence electrons. The monoisotopic (exact) mass is 378 g/mol. The summed E-state index contributed by atoms with van der Waals surface area (Å²) in [6, 6.07) is 7.53. The summed E-state index contributed by atoms with van der Waals surface area (Å²) in [6.07, 6.45) is 0.465. The molecule has 3 rings (SSSR count). The number of alkyl halides is 3. The fourth-order valence-corrected chi connectivity index (χ4v) is 3.17. The number of fused-ring (bicyclic) bond motifs is 1. The van der Waals surface area contributed by atoms with Crippen LogP contribution >= 0.6 is 0 Å². The summed E-state index contributed by atoms with van der Waals surface area (Å²) < 4.78 is 37.8. The second kappa shape index (κ2) is 7.46. The van der Waals surface area contributed by atoms with Crippen LogP contribution in [0.3, 0.4) is 0 Å². The molecule has 0 atom stereocenters. The van der Waals surface area contributed by atoms with Crippen molar-refractivity contribution in [2.24, 2.45) is 11.7 Å². The van der Waals surface area contributed by atoms with Crippen molar-refractivity contribution in [2.75, 3.05) is 6.54 Å². The molecule has 1 fully saturated rings. The number of amides is 1. The van der Waals surface area contributed by atoms with Gasteiger partial charge in [-0.2, -0.15) is 13.2 Å². The van der Waals surface area contributed by atoms with E-state index in [0.29, 0.717) is 18.5 Å². The van der Waals surface area contributed by atoms with Crippen molar-refractivity contribution in [2.45, 2.75) is 32.0 Å². The van der Waals surface area contributed by atoms with Crippen LogP contribution < -0.4 is 5.73 Å². The molecule has 1 saturated carbocycles. The molecule has 1 aromatic carbocycles. The number of rotatable bonds is 6. The van der Waals surface area contributed by atoms with Crippen LogP contribution in [0.15, 0.2) is 42.2 Å². The van der Waals surface area contributed by atoms with Gasteiger partial charge in [0.25, 0.3) is 5.91 Å². The van der Waals surface area contributed by atoms with E-state index in [1.807, 2.05) is 24.3 Å². The summed E-state index contributed by atoms with van der Waals surface area (Å²) in [5.74, 6) is -0.433. The summed E-state index contributed by atoms with van der Waals surface area (Å²) >= 11 is 0. The van der Waals surface area contributed by atoms with Crippen LogP contribution in [0.5, 0.6) is 0 Å². The Balaban J connectivity index is 1.83. The van der Waals surface area contributed by atoms with E-state index in [0.717, 1.165) is 35.7 Å². The van der Waals surface area contributed by atoms with Crippen molar-refractivity contribution < 1.29 is 18.0 Å². The van der Waals surface area contributed by atoms with Gasteiger partial charge in [0.1, 0.15) is 11.4 Å². The van der Waals surface area contributed by atoms with Crippen LogP contribution in [0.2, 0.25) is 0 Å². The van der Waals surface area contributed by atoms with Gasteiger partial charge in [-0.05, 0) is 42.5 Å². The van der Waals surface area contributed by atoms with Crippen LogP contribution in [-0.4, -0.2) is 34.2 Å². The standard InChI is InChI=1S/C19H21F3N4O/c20-19(21,22)17(24)9-15(23)18(27)26(10-12-3-1-4-12)11-13-5-2-6-16-14(13)7-8-25-16/h2,5-9,12,23,25H,1,3-4,10-11,24H2. The van der Waals surface area contributed by atoms with Crippen molar-refractivity contribution in [1.29, 1.82) is 5.41 Å². The Morgan fingerprint density at radius 3 is 2.70 bits per heavy atom. The van der Waals surface area contributed by atoms with Gasteiger partial charge in [0.05, 0.1) is 0 Å². The van der Waals surface area contributed by atoms with E-state index in [2.05, 4.69) is 4.98 Å². The van der Waals surface area contributed by atoms with Crippen LogP contribution in [0.25, 0.3) is 10.9 Å². The lowest BCUT2D eigenvalue weighted by Gasteiger charge is -2.32. The van der Waals surface area contributed by atoms with E-state index in [1.54, 1.807) is 6.20 Å². The predicted molar refractivity (Wildman–Crippen MR) is 97.1 cm³/mol. The maximum atomic E-state index is 12.7. The number of nitrogens with two attached hydrogens (primary N) is 1. The molecule has 0 bridgehead atoms. The Hall–Kier alpha value is -2.77. The molecule has 8 heteroatoms. The average molecular weight is 378 g/mol. The number of carbonyl (C=O) groups is 1. The van der Waals surface area contributed by atoms with Gasteiger partial charge in [-0.25, -0.2) is 0 Å². The molecule has 5 nitrogen and oxygen atoms in total. The molecule has 2 aromatic rings. The zero-order valence-corrected chi connectivity index (χ0v) is 14.6. The highest BCUT2D eigenvalue weighted by Gasteiger charge is 2.33. The molecule has 27 heavy (non-hydrogen) atoms. The third-order valence-electron chi connectivity index (χ3n) is 4.89. The van der Waals surface area contributed by atoms with Crippen molar-refractivity contribution in [3.63, 3.8) is 0 Å². The second-order valence-electron chi connectivity index (χ2n) is 6.85. The summed E-state index contributed by atoms with van der Waals surface area (Å²) in [5, 5.41) is 8.75. The zero-order valence-electron chi connectivity index (χ0n) is 14.6. The number of nitrogens with one attached hydrogen (secondary N) is 2. The number of hydrogen-bond acceptors (Lipinski definition) is 3. The van der Waals surface area contributed by atoms with Crippen LogP contribution in [0.1, 0.15) is 24.8 Å². The SMILES string of the molecule is N=C(C=C(N)C(F)(F)F)C(=O)N(Cc1cccc2[nH]ccc12)CC1CCC1. The molecule has 1 aliphatic rings. The molecule has 1 amide bonds. The Morgan fingerprint density at radius 2 is 2.07 bits per heavy atom. The number of aromatic amines is 1. The Morgan fingerprint density at radius 1 is 1.33 bits per heavy atom. The number of nitrogens with zero attached hydrogens (tertiary/aromatic N) is 1. The van der Waals surface area contributed by atoms with Gasteiger partial charge in [-0.3, -0.25) is 10.2 Å². The van der Waals surface area contributed by atoms with E-state index in [-0.39, 0.29) is 6.54 Å². The fourth-order valence-electron chi connectivity index (χ4n) is 3.17. The van der Waals surface area contributed by atoms with Crippen molar-refractivity contribution in [1.82, 2.24) is 9.88 Å². The number of halogens is 3. The van der Waals surface area contributed by atoms with Crippen molar-refractivity contribution in [3.8, 4) is 0 Å². The number of allylic oxidation sites excluding steroid dienone is 1. The van der Waals surface area contributed by atoms with Crippen LogP contribution in [0, 0.1) is 11.3 Å². The highest BCUT2D eigenvalue weighted by Crippen LogP contribution is 2.29. The van der Waals surface area contributed by atoms with Gasteiger partial charge in [-0.1, -0.05) is 18.6 Å². The lowest BCUT2D eigenvalue weighted by Crippen LogP contribution is -2.40. The number of carbonyl (C=O) groups excluding carboxylic acids is 1. The van der Waals surface area contributed by atoms with Gasteiger partial charge in [-0.15, -0.1) is 0 Å². The fraction of sp³-hybridized carbons (Fsp3) is 0.368. The van der Waals surface area contributed by atoms with Gasteiger partial charge in [0.2, 0.25) is 0 Å². The minimum atomic E-state index is -4.76. The number of hydrogen-bond donors (Lipinski definition) is 3. The molecule has 1 aromatic heterocycles. The number of aromatic nitrogens is 1. The largest absolute Gasteiger partial charge is 0.430 e. The number of benzene rings is 1. The first kappa shape index (κ1) is 19.0. The minimum Gasteiger partial charge on any atom is -0.395 e. The summed E-state index contributed by atoms with van der Waals surface area (Å²) in [5.41, 5.74) is 4.55. The average Bonchev–Trinajstić information content (AvgIpc) is 3.04. The molecule has 1 heterocycles. The summed E-state index contributed by atoms with van der Waals surface area (Å²) in [7, 11) is 0. The Bertz CT molecular complexity index is 880. The molecule has 0 unspecified atom stereocenters. The first-order chi connectivity index (χ1) is 12.8. The molecular formula is C19H21F3N4O. The lowest BCUT2D eigenvalue weighted by molar-refractivity contribution is -0.125. The molecular weight excluding hydrogens is 357 g/mol. The lowest BCUT2D eigenvalue weighted by atomic mass is 9.85. The molecule has 4 N–H and O–H groups in total. The van der Waals surface area contributed by atoms with E-state index in [1.165, 1.54) is 4.90 Å². The molecule has 0 aliphatic heterocycles. The topological polar surface area (TPSA) is 86.0 Å². The maximum absolute atomic E-state index is 12.7. The highest BCUT2D eigenvalue weighted by molar-refractivity contribution is 6.42. The van der Waals surface area contributed by atoms with E-state index < -0.39 is 23.5 Å². The van der Waals surface area contributed by atoms with E-state index in [9.17, 15) is 18.0 Å². The third-order valence-corrected chi connectivity index (χ3v) is 4.89. The smallest absolute Gasteiger partial charge is 0.395 e. The molecule has 0 saturated heterocycles. The van der Waals surface area contributed by atoms with E-state index >= 15 is 0 Å². The molecule has 1 aliphatic carbocycles. The predicted octanol–water partition coefficient (Wildman–Crippen LogP) is 3.72. The van der Waals surface area contributed by atoms with Crippen molar-refractivity contribution in [3.05, 3.63) is 47.8 Å². The number of H-pyrrole nitrogens is 1.